The summed E-state index contributed by atoms with van der Waals surface area (Å²) in [4.78, 5) is 18.5. The molecule has 0 unspecified atom stereocenters. The van der Waals surface area contributed by atoms with Crippen LogP contribution in [-0.2, 0) is 12.1 Å². The summed E-state index contributed by atoms with van der Waals surface area (Å²) in [5.41, 5.74) is 2.85. The second-order valence-electron chi connectivity index (χ2n) is 14.0. The molecular weight excluding hydrogens is 762 g/mol. The van der Waals surface area contributed by atoms with Gasteiger partial charge in [0, 0.05) is 19.2 Å². The maximum absolute atomic E-state index is 16.2. The van der Waals surface area contributed by atoms with E-state index < -0.39 is 23.1 Å². The minimum absolute atomic E-state index is 0.0164. The van der Waals surface area contributed by atoms with Crippen molar-refractivity contribution in [3.8, 4) is 11.8 Å². The molecule has 6 aromatic rings. The number of alkyl halides is 1. The number of benzene rings is 4. The average Bonchev–Trinajstić information content (AvgIpc) is 3.86. The summed E-state index contributed by atoms with van der Waals surface area (Å²) in [5.74, 6) is 0.0921. The van der Waals surface area contributed by atoms with Gasteiger partial charge in [0.15, 0.2) is 11.6 Å². The maximum Gasteiger partial charge on any atom is 0.319 e. The number of nitrogens with zero attached hydrogens (tertiary/aromatic N) is 6. The minimum Gasteiger partial charge on any atom is -0.489 e. The lowest BCUT2D eigenvalue weighted by atomic mass is 9.76. The standard InChI is InChI=1S/C41H36BrClF2N6O2/c42-33-34(43)37-32-36(35(33)45)47-39(53-25-40-17-10-18-50(40)23-30(44)21-40)48-38(32)49(19-20-52-37)24-31-22-46-26-51(31)41(27-11-4-1-5-12-27,28-13-6-2-7-14-28)29-15-8-3-9-16-29/h1-9,11-16,22,26,30H,10,17-21,23-25H2/t30-,40+/m1/s1. The summed E-state index contributed by atoms with van der Waals surface area (Å²) in [7, 11) is 0. The van der Waals surface area contributed by atoms with Crippen LogP contribution in [0.1, 0.15) is 41.6 Å². The molecule has 53 heavy (non-hydrogen) atoms. The first kappa shape index (κ1) is 34.2. The zero-order valence-corrected chi connectivity index (χ0v) is 31.1. The Balaban J connectivity index is 1.18. The fourth-order valence-electron chi connectivity index (χ4n) is 8.69. The quantitative estimate of drug-likeness (QED) is 0.107. The monoisotopic (exact) mass is 796 g/mol. The first-order chi connectivity index (χ1) is 25.9. The number of ether oxygens (including phenoxy) is 2. The molecule has 3 aliphatic rings. The van der Waals surface area contributed by atoms with E-state index >= 15 is 4.39 Å². The van der Waals surface area contributed by atoms with Crippen LogP contribution >= 0.6 is 27.5 Å². The molecule has 8 nitrogen and oxygen atoms in total. The van der Waals surface area contributed by atoms with Crippen molar-refractivity contribution < 1.29 is 18.3 Å². The van der Waals surface area contributed by atoms with Crippen molar-refractivity contribution >= 4 is 44.3 Å². The third kappa shape index (κ3) is 5.66. The van der Waals surface area contributed by atoms with Crippen molar-refractivity contribution in [2.24, 2.45) is 0 Å². The lowest BCUT2D eigenvalue weighted by Crippen LogP contribution is -2.43. The molecule has 2 aromatic heterocycles. The van der Waals surface area contributed by atoms with Gasteiger partial charge in [0.05, 0.1) is 40.5 Å². The van der Waals surface area contributed by atoms with Gasteiger partial charge in [-0.25, -0.2) is 13.8 Å². The second kappa shape index (κ2) is 13.7. The van der Waals surface area contributed by atoms with Gasteiger partial charge in [0.1, 0.15) is 41.3 Å². The van der Waals surface area contributed by atoms with Crippen molar-refractivity contribution in [2.75, 3.05) is 37.7 Å². The molecule has 2 fully saturated rings. The van der Waals surface area contributed by atoms with E-state index in [0.717, 1.165) is 41.8 Å². The van der Waals surface area contributed by atoms with E-state index in [9.17, 15) is 4.39 Å². The summed E-state index contributed by atoms with van der Waals surface area (Å²) in [6.45, 7) is 2.41. The zero-order valence-electron chi connectivity index (χ0n) is 28.8. The number of fused-ring (bicyclic) bond motifs is 1. The molecule has 0 bridgehead atoms. The van der Waals surface area contributed by atoms with Crippen molar-refractivity contribution in [3.63, 3.8) is 0 Å². The molecule has 0 saturated carbocycles. The Morgan fingerprint density at radius 3 is 2.26 bits per heavy atom. The summed E-state index contributed by atoms with van der Waals surface area (Å²) in [6.07, 6.45) is 5.01. The number of hydrogen-bond donors (Lipinski definition) is 0. The Hall–Kier alpha value is -4.58. The highest BCUT2D eigenvalue weighted by atomic mass is 79.9. The van der Waals surface area contributed by atoms with Gasteiger partial charge in [-0.05, 0) is 52.0 Å². The highest BCUT2D eigenvalue weighted by Crippen LogP contribution is 2.48. The SMILES string of the molecule is Fc1c(Br)c(Cl)c2c3c(nc(OC[C@@]45CCCN4C[C@H](F)C5)nc13)N(Cc1cncn1C(c1ccccc1)(c1ccccc1)c1ccccc1)CCO2. The predicted molar refractivity (Wildman–Crippen MR) is 204 cm³/mol. The Morgan fingerprint density at radius 2 is 1.60 bits per heavy atom. The van der Waals surface area contributed by atoms with Crippen molar-refractivity contribution in [3.05, 3.63) is 141 Å². The number of halogens is 4. The Morgan fingerprint density at radius 1 is 0.943 bits per heavy atom. The molecule has 0 radical (unpaired) electrons. The van der Waals surface area contributed by atoms with Crippen molar-refractivity contribution in [1.29, 1.82) is 0 Å². The van der Waals surface area contributed by atoms with E-state index in [0.29, 0.717) is 43.0 Å². The van der Waals surface area contributed by atoms with Crippen LogP contribution in [0.25, 0.3) is 10.9 Å². The third-order valence-electron chi connectivity index (χ3n) is 11.0. The lowest BCUT2D eigenvalue weighted by Gasteiger charge is -2.39. The second-order valence-corrected chi connectivity index (χ2v) is 15.2. The summed E-state index contributed by atoms with van der Waals surface area (Å²) in [5, 5.41) is 0.467. The normalized spacial score (nSPS) is 20.0. The molecule has 4 aromatic carbocycles. The predicted octanol–water partition coefficient (Wildman–Crippen LogP) is 8.58. The van der Waals surface area contributed by atoms with Crippen LogP contribution in [0.3, 0.4) is 0 Å². The summed E-state index contributed by atoms with van der Waals surface area (Å²) >= 11 is 10.0. The van der Waals surface area contributed by atoms with Crippen LogP contribution in [0, 0.1) is 5.82 Å². The number of anilines is 1. The van der Waals surface area contributed by atoms with Gasteiger partial charge < -0.3 is 18.9 Å². The summed E-state index contributed by atoms with van der Waals surface area (Å²) < 4.78 is 45.6. The fraction of sp³-hybridized carbons (Fsp3) is 0.293. The Kier molecular flexibility index (Phi) is 8.83. The number of aromatic nitrogens is 4. The maximum atomic E-state index is 16.2. The van der Waals surface area contributed by atoms with Gasteiger partial charge >= 0.3 is 6.01 Å². The first-order valence-corrected chi connectivity index (χ1v) is 19.0. The average molecular weight is 798 g/mol. The lowest BCUT2D eigenvalue weighted by molar-refractivity contribution is 0.107. The first-order valence-electron chi connectivity index (χ1n) is 17.9. The topological polar surface area (TPSA) is 68.5 Å². The molecule has 2 saturated heterocycles. The smallest absolute Gasteiger partial charge is 0.319 e. The fourth-order valence-corrected chi connectivity index (χ4v) is 9.29. The van der Waals surface area contributed by atoms with Gasteiger partial charge in [0.25, 0.3) is 0 Å². The molecule has 0 aliphatic carbocycles. The molecule has 0 amide bonds. The molecule has 0 spiro atoms. The van der Waals surface area contributed by atoms with E-state index in [1.165, 1.54) is 0 Å². The van der Waals surface area contributed by atoms with Crippen LogP contribution in [0.2, 0.25) is 5.02 Å². The van der Waals surface area contributed by atoms with Crippen LogP contribution in [0.15, 0.2) is 108 Å². The number of rotatable bonds is 9. The van der Waals surface area contributed by atoms with Gasteiger partial charge in [-0.1, -0.05) is 103 Å². The van der Waals surface area contributed by atoms with E-state index in [2.05, 4.69) is 103 Å². The third-order valence-corrected chi connectivity index (χ3v) is 12.4. The van der Waals surface area contributed by atoms with Crippen molar-refractivity contribution in [1.82, 2.24) is 24.4 Å². The van der Waals surface area contributed by atoms with Crippen LogP contribution in [-0.4, -0.2) is 69.0 Å². The molecule has 12 heteroatoms. The van der Waals surface area contributed by atoms with Crippen LogP contribution in [0.5, 0.6) is 11.8 Å². The highest BCUT2D eigenvalue weighted by Gasteiger charge is 2.49. The van der Waals surface area contributed by atoms with Gasteiger partial charge in [-0.3, -0.25) is 4.90 Å². The molecule has 9 rings (SSSR count). The van der Waals surface area contributed by atoms with Gasteiger partial charge in [-0.15, -0.1) is 0 Å². The van der Waals surface area contributed by atoms with E-state index in [-0.39, 0.29) is 34.2 Å². The highest BCUT2D eigenvalue weighted by molar-refractivity contribution is 9.10. The molecule has 3 aliphatic heterocycles. The molecule has 270 valence electrons. The summed E-state index contributed by atoms with van der Waals surface area (Å²) in [6, 6.07) is 31.2. The molecule has 5 heterocycles. The molecular formula is C41H36BrClF2N6O2. The number of hydrogen-bond acceptors (Lipinski definition) is 7. The molecule has 0 N–H and O–H groups in total. The molecule has 2 atom stereocenters. The zero-order chi connectivity index (χ0) is 36.2. The largest absolute Gasteiger partial charge is 0.489 e. The van der Waals surface area contributed by atoms with E-state index in [1.54, 1.807) is 0 Å². The van der Waals surface area contributed by atoms with Gasteiger partial charge in [0.2, 0.25) is 0 Å². The Labute approximate surface area is 319 Å². The van der Waals surface area contributed by atoms with Crippen molar-refractivity contribution in [2.45, 2.75) is 43.1 Å². The van der Waals surface area contributed by atoms with Crippen LogP contribution in [0.4, 0.5) is 14.6 Å². The van der Waals surface area contributed by atoms with E-state index in [4.69, 9.17) is 31.0 Å². The minimum atomic E-state index is -0.911. The Bertz CT molecular complexity index is 2180. The van der Waals surface area contributed by atoms with Gasteiger partial charge in [-0.2, -0.15) is 9.97 Å². The number of imidazole rings is 1. The van der Waals surface area contributed by atoms with Crippen LogP contribution < -0.4 is 14.4 Å². The van der Waals surface area contributed by atoms with E-state index in [1.807, 2.05) is 35.6 Å².